The number of amides is 1. The second-order valence-electron chi connectivity index (χ2n) is 6.75. The zero-order valence-electron chi connectivity index (χ0n) is 15.0. The first-order chi connectivity index (χ1) is 12.6. The van der Waals surface area contributed by atoms with Crippen molar-refractivity contribution in [3.05, 3.63) is 40.0 Å². The second-order valence-corrected chi connectivity index (χ2v) is 8.04. The van der Waals surface area contributed by atoms with Gasteiger partial charge in [-0.15, -0.1) is 11.3 Å². The minimum absolute atomic E-state index is 0.0386. The average Bonchev–Trinajstić information content (AvgIpc) is 3.34. The smallest absolute Gasteiger partial charge is 0.261 e. The van der Waals surface area contributed by atoms with Crippen molar-refractivity contribution in [2.24, 2.45) is 0 Å². The molecule has 1 unspecified atom stereocenters. The Balaban J connectivity index is 1.49. The van der Waals surface area contributed by atoms with Crippen molar-refractivity contribution >= 4 is 28.4 Å². The van der Waals surface area contributed by atoms with Crippen LogP contribution in [0.1, 0.15) is 32.6 Å². The molecule has 8 heteroatoms. The minimum Gasteiger partial charge on any atom is -0.349 e. The second kappa shape index (κ2) is 7.13. The average molecular weight is 370 g/mol. The molecule has 3 aromatic heterocycles. The molecule has 0 aromatic carbocycles. The van der Waals surface area contributed by atoms with Crippen LogP contribution in [0.15, 0.2) is 24.5 Å². The first kappa shape index (κ1) is 17.1. The summed E-state index contributed by atoms with van der Waals surface area (Å²) in [7, 11) is 2.13. The molecule has 1 saturated heterocycles. The summed E-state index contributed by atoms with van der Waals surface area (Å²) in [5, 5.41) is 7.76. The van der Waals surface area contributed by atoms with Crippen LogP contribution >= 0.6 is 11.3 Å². The lowest BCUT2D eigenvalue weighted by Gasteiger charge is -2.07. The topological polar surface area (TPSA) is 75.9 Å². The van der Waals surface area contributed by atoms with E-state index in [-0.39, 0.29) is 5.91 Å². The number of aromatic nitrogens is 4. The van der Waals surface area contributed by atoms with E-state index < -0.39 is 0 Å². The number of likely N-dealkylation sites (N-methyl/N-ethyl adjacent to an activating group) is 1. The Kier molecular flexibility index (Phi) is 4.69. The number of thiophene rings is 1. The van der Waals surface area contributed by atoms with Crippen LogP contribution in [0.3, 0.4) is 0 Å². The third-order valence-electron chi connectivity index (χ3n) is 4.75. The van der Waals surface area contributed by atoms with Crippen molar-refractivity contribution in [3.63, 3.8) is 0 Å². The number of hydrogen-bond donors (Lipinski definition) is 1. The number of nitrogens with one attached hydrogen (secondary N) is 1. The van der Waals surface area contributed by atoms with Gasteiger partial charge in [0.05, 0.1) is 17.1 Å². The van der Waals surface area contributed by atoms with Crippen LogP contribution in [0.5, 0.6) is 0 Å². The van der Waals surface area contributed by atoms with Gasteiger partial charge in [0.25, 0.3) is 5.91 Å². The third-order valence-corrected chi connectivity index (χ3v) is 5.75. The summed E-state index contributed by atoms with van der Waals surface area (Å²) in [4.78, 5) is 25.4. The molecule has 0 saturated carbocycles. The SMILES string of the molecule is Cc1ccc(C(=O)NCCn2nc(C3CCN(C)C3)c3nccnc32)s1. The van der Waals surface area contributed by atoms with Gasteiger partial charge in [-0.2, -0.15) is 5.10 Å². The van der Waals surface area contributed by atoms with Gasteiger partial charge in [-0.3, -0.25) is 4.79 Å². The molecule has 4 heterocycles. The molecule has 1 aliphatic rings. The molecular formula is C18H22N6OS. The zero-order chi connectivity index (χ0) is 18.1. The predicted octanol–water partition coefficient (Wildman–Crippen LogP) is 2.05. The number of hydrogen-bond acceptors (Lipinski definition) is 6. The highest BCUT2D eigenvalue weighted by atomic mass is 32.1. The molecule has 1 aliphatic heterocycles. The van der Waals surface area contributed by atoms with Crippen LogP contribution in [0.2, 0.25) is 0 Å². The maximum atomic E-state index is 12.2. The van der Waals surface area contributed by atoms with Gasteiger partial charge in [-0.25, -0.2) is 14.6 Å². The molecule has 0 bridgehead atoms. The maximum Gasteiger partial charge on any atom is 0.261 e. The Hall–Kier alpha value is -2.32. The maximum absolute atomic E-state index is 12.2. The number of fused-ring (bicyclic) bond motifs is 1. The lowest BCUT2D eigenvalue weighted by Crippen LogP contribution is -2.27. The van der Waals surface area contributed by atoms with Crippen molar-refractivity contribution < 1.29 is 4.79 Å². The van der Waals surface area contributed by atoms with E-state index in [2.05, 4.69) is 27.2 Å². The van der Waals surface area contributed by atoms with Crippen LogP contribution < -0.4 is 5.32 Å². The van der Waals surface area contributed by atoms with Gasteiger partial charge in [-0.1, -0.05) is 0 Å². The van der Waals surface area contributed by atoms with Gasteiger partial charge in [0, 0.05) is 36.3 Å². The lowest BCUT2D eigenvalue weighted by atomic mass is 10.0. The van der Waals surface area contributed by atoms with Crippen LogP contribution in [-0.4, -0.2) is 57.2 Å². The summed E-state index contributed by atoms with van der Waals surface area (Å²) in [6, 6.07) is 3.82. The van der Waals surface area contributed by atoms with E-state index >= 15 is 0 Å². The summed E-state index contributed by atoms with van der Waals surface area (Å²) >= 11 is 1.50. The molecule has 0 aliphatic carbocycles. The van der Waals surface area contributed by atoms with Gasteiger partial charge in [0.2, 0.25) is 0 Å². The Morgan fingerprint density at radius 2 is 2.19 bits per heavy atom. The van der Waals surface area contributed by atoms with E-state index in [0.29, 0.717) is 19.0 Å². The summed E-state index contributed by atoms with van der Waals surface area (Å²) in [5.74, 6) is 0.354. The largest absolute Gasteiger partial charge is 0.349 e. The van der Waals surface area contributed by atoms with Gasteiger partial charge in [-0.05, 0) is 39.1 Å². The molecule has 136 valence electrons. The Morgan fingerprint density at radius 1 is 1.35 bits per heavy atom. The fourth-order valence-corrected chi connectivity index (χ4v) is 4.22. The molecule has 26 heavy (non-hydrogen) atoms. The Labute approximate surface area is 156 Å². The van der Waals surface area contributed by atoms with Gasteiger partial charge in [0.15, 0.2) is 5.65 Å². The molecule has 1 fully saturated rings. The summed E-state index contributed by atoms with van der Waals surface area (Å²) in [5.41, 5.74) is 2.70. The Bertz CT molecular complexity index is 933. The lowest BCUT2D eigenvalue weighted by molar-refractivity contribution is 0.0956. The van der Waals surface area contributed by atoms with Crippen LogP contribution in [0, 0.1) is 6.92 Å². The van der Waals surface area contributed by atoms with E-state index in [9.17, 15) is 4.79 Å². The quantitative estimate of drug-likeness (QED) is 0.744. The van der Waals surface area contributed by atoms with Crippen molar-refractivity contribution in [2.45, 2.75) is 25.8 Å². The van der Waals surface area contributed by atoms with E-state index in [1.165, 1.54) is 11.3 Å². The molecule has 7 nitrogen and oxygen atoms in total. The molecular weight excluding hydrogens is 348 g/mol. The Morgan fingerprint density at radius 3 is 2.92 bits per heavy atom. The van der Waals surface area contributed by atoms with E-state index in [4.69, 9.17) is 5.10 Å². The van der Waals surface area contributed by atoms with Crippen molar-refractivity contribution in [1.29, 1.82) is 0 Å². The highest BCUT2D eigenvalue weighted by Crippen LogP contribution is 2.29. The number of nitrogens with zero attached hydrogens (tertiary/aromatic N) is 5. The van der Waals surface area contributed by atoms with Gasteiger partial charge >= 0.3 is 0 Å². The first-order valence-electron chi connectivity index (χ1n) is 8.82. The minimum atomic E-state index is -0.0386. The summed E-state index contributed by atoms with van der Waals surface area (Å²) in [6.45, 7) is 5.16. The normalized spacial score (nSPS) is 17.8. The number of aryl methyl sites for hydroxylation is 1. The van der Waals surface area contributed by atoms with Gasteiger partial charge in [0.1, 0.15) is 5.52 Å². The standard InChI is InChI=1S/C18H22N6OS/c1-12-3-4-14(26-12)18(25)21-8-10-24-17-16(19-6-7-20-17)15(22-24)13-5-9-23(2)11-13/h3-4,6-7,13H,5,8-11H2,1-2H3,(H,21,25). The summed E-state index contributed by atoms with van der Waals surface area (Å²) in [6.07, 6.45) is 4.50. The third kappa shape index (κ3) is 3.34. The molecule has 1 amide bonds. The highest BCUT2D eigenvalue weighted by molar-refractivity contribution is 7.13. The number of carbonyl (C=O) groups is 1. The molecule has 4 rings (SSSR count). The van der Waals surface area contributed by atoms with E-state index in [1.807, 2.05) is 23.7 Å². The predicted molar refractivity (Wildman–Crippen MR) is 102 cm³/mol. The molecule has 1 atom stereocenters. The molecule has 0 radical (unpaired) electrons. The zero-order valence-corrected chi connectivity index (χ0v) is 15.8. The van der Waals surface area contributed by atoms with Crippen molar-refractivity contribution in [2.75, 3.05) is 26.7 Å². The van der Waals surface area contributed by atoms with Crippen LogP contribution in [-0.2, 0) is 6.54 Å². The molecule has 3 aromatic rings. The van der Waals surface area contributed by atoms with Crippen molar-refractivity contribution in [1.82, 2.24) is 30.0 Å². The van der Waals surface area contributed by atoms with E-state index in [0.717, 1.165) is 46.1 Å². The van der Waals surface area contributed by atoms with Crippen LogP contribution in [0.25, 0.3) is 11.2 Å². The first-order valence-corrected chi connectivity index (χ1v) is 9.64. The van der Waals surface area contributed by atoms with Crippen molar-refractivity contribution in [3.8, 4) is 0 Å². The van der Waals surface area contributed by atoms with E-state index in [1.54, 1.807) is 12.4 Å². The fraction of sp³-hybridized carbons (Fsp3) is 0.444. The summed E-state index contributed by atoms with van der Waals surface area (Å²) < 4.78 is 1.87. The number of likely N-dealkylation sites (tertiary alicyclic amines) is 1. The van der Waals surface area contributed by atoms with Gasteiger partial charge < -0.3 is 10.2 Å². The molecule has 1 N–H and O–H groups in total. The monoisotopic (exact) mass is 370 g/mol. The number of carbonyl (C=O) groups excluding carboxylic acids is 1. The highest BCUT2D eigenvalue weighted by Gasteiger charge is 2.27. The number of rotatable bonds is 5. The molecule has 0 spiro atoms. The van der Waals surface area contributed by atoms with Crippen LogP contribution in [0.4, 0.5) is 0 Å². The fourth-order valence-electron chi connectivity index (χ4n) is 3.43.